The number of pyridine rings is 1. The third-order valence-corrected chi connectivity index (χ3v) is 2.52. The van der Waals surface area contributed by atoms with E-state index in [0.29, 0.717) is 5.69 Å². The van der Waals surface area contributed by atoms with Gasteiger partial charge in [-0.05, 0) is 43.2 Å². The molecule has 0 fully saturated rings. The first-order valence-electron chi connectivity index (χ1n) is 5.59. The van der Waals surface area contributed by atoms with E-state index in [0.717, 1.165) is 11.1 Å². The van der Waals surface area contributed by atoms with Crippen molar-refractivity contribution in [2.75, 3.05) is 5.32 Å². The molecule has 0 saturated carbocycles. The Hall–Kier alpha value is -2.36. The molecule has 0 saturated heterocycles. The molecule has 1 amide bonds. The largest absolute Gasteiger partial charge is 0.505 e. The number of carbonyl (C=O) groups is 1. The van der Waals surface area contributed by atoms with E-state index in [4.69, 9.17) is 0 Å². The number of nitrogens with one attached hydrogen (secondary N) is 1. The number of hydrogen-bond acceptors (Lipinski definition) is 3. The SMILES string of the molecule is Cc1cc(C)cc(NC(=O)c2ccncc2O)c1. The van der Waals surface area contributed by atoms with Crippen molar-refractivity contribution in [3.63, 3.8) is 0 Å². The minimum atomic E-state index is -0.347. The van der Waals surface area contributed by atoms with Gasteiger partial charge in [-0.1, -0.05) is 6.07 Å². The molecule has 1 aromatic heterocycles. The van der Waals surface area contributed by atoms with Gasteiger partial charge in [0, 0.05) is 11.9 Å². The molecule has 0 unspecified atom stereocenters. The van der Waals surface area contributed by atoms with Gasteiger partial charge in [-0.3, -0.25) is 9.78 Å². The van der Waals surface area contributed by atoms with E-state index in [1.54, 1.807) is 0 Å². The molecule has 4 heteroatoms. The van der Waals surface area contributed by atoms with Crippen LogP contribution in [-0.4, -0.2) is 16.0 Å². The summed E-state index contributed by atoms with van der Waals surface area (Å²) in [6.45, 7) is 3.93. The van der Waals surface area contributed by atoms with E-state index in [1.807, 2.05) is 32.0 Å². The molecule has 0 aliphatic heterocycles. The number of aromatic nitrogens is 1. The number of nitrogens with zero attached hydrogens (tertiary/aromatic N) is 1. The smallest absolute Gasteiger partial charge is 0.259 e. The van der Waals surface area contributed by atoms with Gasteiger partial charge in [-0.15, -0.1) is 0 Å². The van der Waals surface area contributed by atoms with Crippen LogP contribution in [0.3, 0.4) is 0 Å². The summed E-state index contributed by atoms with van der Waals surface area (Å²) < 4.78 is 0. The van der Waals surface area contributed by atoms with Crippen molar-refractivity contribution in [3.05, 3.63) is 53.3 Å². The Balaban J connectivity index is 2.24. The molecule has 2 N–H and O–H groups in total. The number of aromatic hydroxyl groups is 1. The summed E-state index contributed by atoms with van der Waals surface area (Å²) in [6, 6.07) is 7.26. The van der Waals surface area contributed by atoms with Crippen molar-refractivity contribution in [1.82, 2.24) is 4.98 Å². The molecule has 2 rings (SSSR count). The fourth-order valence-electron chi connectivity index (χ4n) is 1.82. The molecule has 0 spiro atoms. The molecule has 1 aromatic carbocycles. The van der Waals surface area contributed by atoms with Gasteiger partial charge in [-0.2, -0.15) is 0 Å². The maximum Gasteiger partial charge on any atom is 0.259 e. The second-order valence-electron chi connectivity index (χ2n) is 4.22. The average molecular weight is 242 g/mol. The predicted octanol–water partition coefficient (Wildman–Crippen LogP) is 2.66. The number of hydrogen-bond donors (Lipinski definition) is 2. The first kappa shape index (κ1) is 12.1. The summed E-state index contributed by atoms with van der Waals surface area (Å²) >= 11 is 0. The van der Waals surface area contributed by atoms with E-state index >= 15 is 0 Å². The number of rotatable bonds is 2. The molecule has 0 aliphatic rings. The van der Waals surface area contributed by atoms with E-state index in [9.17, 15) is 9.90 Å². The molecule has 92 valence electrons. The van der Waals surface area contributed by atoms with E-state index < -0.39 is 0 Å². The molecule has 18 heavy (non-hydrogen) atoms. The van der Waals surface area contributed by atoms with Gasteiger partial charge in [0.1, 0.15) is 5.75 Å². The quantitative estimate of drug-likeness (QED) is 0.851. The van der Waals surface area contributed by atoms with Gasteiger partial charge in [0.05, 0.1) is 11.8 Å². The third kappa shape index (κ3) is 2.66. The van der Waals surface area contributed by atoms with Crippen molar-refractivity contribution in [1.29, 1.82) is 0 Å². The topological polar surface area (TPSA) is 62.2 Å². The lowest BCUT2D eigenvalue weighted by Crippen LogP contribution is -2.12. The Labute approximate surface area is 105 Å². The molecule has 2 aromatic rings. The highest BCUT2D eigenvalue weighted by Crippen LogP contribution is 2.18. The molecule has 0 bridgehead atoms. The molecule has 0 atom stereocenters. The molecule has 1 heterocycles. The Bertz CT molecular complexity index is 574. The predicted molar refractivity (Wildman–Crippen MR) is 69.8 cm³/mol. The lowest BCUT2D eigenvalue weighted by Gasteiger charge is -2.08. The molecular weight excluding hydrogens is 228 g/mol. The maximum atomic E-state index is 12.0. The summed E-state index contributed by atoms with van der Waals surface area (Å²) in [5.41, 5.74) is 3.08. The zero-order valence-corrected chi connectivity index (χ0v) is 10.3. The lowest BCUT2D eigenvalue weighted by molar-refractivity contribution is 0.102. The second-order valence-corrected chi connectivity index (χ2v) is 4.22. The highest BCUT2D eigenvalue weighted by molar-refractivity contribution is 6.06. The van der Waals surface area contributed by atoms with Crippen LogP contribution in [0.15, 0.2) is 36.7 Å². The maximum absolute atomic E-state index is 12.0. The van der Waals surface area contributed by atoms with Crippen molar-refractivity contribution < 1.29 is 9.90 Å². The Morgan fingerprint density at radius 3 is 2.50 bits per heavy atom. The summed E-state index contributed by atoms with van der Waals surface area (Å²) in [4.78, 5) is 15.7. The van der Waals surface area contributed by atoms with Crippen molar-refractivity contribution in [2.24, 2.45) is 0 Å². The first-order chi connectivity index (χ1) is 8.56. The number of anilines is 1. The zero-order chi connectivity index (χ0) is 13.1. The number of carbonyl (C=O) groups excluding carboxylic acids is 1. The Morgan fingerprint density at radius 2 is 1.89 bits per heavy atom. The van der Waals surface area contributed by atoms with Gasteiger partial charge < -0.3 is 10.4 Å². The van der Waals surface area contributed by atoms with Crippen molar-refractivity contribution in [3.8, 4) is 5.75 Å². The minimum absolute atomic E-state index is 0.126. The van der Waals surface area contributed by atoms with Crippen LogP contribution >= 0.6 is 0 Å². The second kappa shape index (κ2) is 4.87. The fourth-order valence-corrected chi connectivity index (χ4v) is 1.82. The zero-order valence-electron chi connectivity index (χ0n) is 10.3. The Morgan fingerprint density at radius 1 is 1.22 bits per heavy atom. The monoisotopic (exact) mass is 242 g/mol. The van der Waals surface area contributed by atoms with Gasteiger partial charge in [-0.25, -0.2) is 0 Å². The summed E-state index contributed by atoms with van der Waals surface area (Å²) in [6.07, 6.45) is 2.71. The third-order valence-electron chi connectivity index (χ3n) is 2.52. The van der Waals surface area contributed by atoms with E-state index in [-0.39, 0.29) is 17.2 Å². The van der Waals surface area contributed by atoms with E-state index in [2.05, 4.69) is 10.3 Å². The van der Waals surface area contributed by atoms with Crippen LogP contribution in [0.5, 0.6) is 5.75 Å². The summed E-state index contributed by atoms with van der Waals surface area (Å²) in [7, 11) is 0. The molecule has 4 nitrogen and oxygen atoms in total. The molecule has 0 aliphatic carbocycles. The minimum Gasteiger partial charge on any atom is -0.505 e. The van der Waals surface area contributed by atoms with Crippen LogP contribution in [0.25, 0.3) is 0 Å². The standard InChI is InChI=1S/C14H14N2O2/c1-9-5-10(2)7-11(6-9)16-14(18)12-3-4-15-8-13(12)17/h3-8,17H,1-2H3,(H,16,18). The van der Waals surface area contributed by atoms with Crippen LogP contribution in [0.2, 0.25) is 0 Å². The number of amides is 1. The molecule has 0 radical (unpaired) electrons. The number of benzene rings is 1. The highest BCUT2D eigenvalue weighted by Gasteiger charge is 2.11. The van der Waals surface area contributed by atoms with Crippen LogP contribution in [0.4, 0.5) is 5.69 Å². The van der Waals surface area contributed by atoms with Crippen LogP contribution in [0, 0.1) is 13.8 Å². The van der Waals surface area contributed by atoms with Gasteiger partial charge in [0.25, 0.3) is 5.91 Å². The molecular formula is C14H14N2O2. The van der Waals surface area contributed by atoms with E-state index in [1.165, 1.54) is 18.5 Å². The normalized spacial score (nSPS) is 10.1. The van der Waals surface area contributed by atoms with Crippen LogP contribution in [-0.2, 0) is 0 Å². The lowest BCUT2D eigenvalue weighted by atomic mass is 10.1. The first-order valence-corrected chi connectivity index (χ1v) is 5.59. The average Bonchev–Trinajstić information content (AvgIpc) is 2.27. The summed E-state index contributed by atoms with van der Waals surface area (Å²) in [5.74, 6) is -0.473. The van der Waals surface area contributed by atoms with Gasteiger partial charge in [0.15, 0.2) is 0 Å². The van der Waals surface area contributed by atoms with Crippen molar-refractivity contribution in [2.45, 2.75) is 13.8 Å². The fraction of sp³-hybridized carbons (Fsp3) is 0.143. The van der Waals surface area contributed by atoms with Crippen LogP contribution < -0.4 is 5.32 Å². The van der Waals surface area contributed by atoms with Crippen molar-refractivity contribution >= 4 is 11.6 Å². The van der Waals surface area contributed by atoms with Gasteiger partial charge in [0.2, 0.25) is 0 Å². The highest BCUT2D eigenvalue weighted by atomic mass is 16.3. The number of aryl methyl sites for hydroxylation is 2. The Kier molecular flexibility index (Phi) is 3.28. The summed E-state index contributed by atoms with van der Waals surface area (Å²) in [5, 5.41) is 12.3. The van der Waals surface area contributed by atoms with Gasteiger partial charge >= 0.3 is 0 Å². The van der Waals surface area contributed by atoms with Crippen LogP contribution in [0.1, 0.15) is 21.5 Å².